The summed E-state index contributed by atoms with van der Waals surface area (Å²) in [5, 5.41) is 22.2. The normalized spacial score (nSPS) is 12.7. The van der Waals surface area contributed by atoms with E-state index in [1.807, 2.05) is 6.92 Å². The highest BCUT2D eigenvalue weighted by atomic mass is 35.5. The maximum Gasteiger partial charge on any atom is 0.130 e. The summed E-state index contributed by atoms with van der Waals surface area (Å²) >= 11 is 6.11. The molecule has 0 aliphatic heterocycles. The van der Waals surface area contributed by atoms with Gasteiger partial charge in [-0.05, 0) is 13.0 Å². The Labute approximate surface area is 104 Å². The van der Waals surface area contributed by atoms with Gasteiger partial charge in [0.15, 0.2) is 0 Å². The van der Waals surface area contributed by atoms with Gasteiger partial charge in [0.2, 0.25) is 0 Å². The van der Waals surface area contributed by atoms with Crippen LogP contribution in [0.1, 0.15) is 22.9 Å². The van der Waals surface area contributed by atoms with Crippen molar-refractivity contribution >= 4 is 11.6 Å². The van der Waals surface area contributed by atoms with Gasteiger partial charge in [-0.15, -0.1) is 0 Å². The zero-order valence-electron chi connectivity index (χ0n) is 9.63. The first-order valence-corrected chi connectivity index (χ1v) is 5.60. The van der Waals surface area contributed by atoms with Gasteiger partial charge in [0, 0.05) is 30.8 Å². The van der Waals surface area contributed by atoms with Crippen LogP contribution < -0.4 is 0 Å². The Morgan fingerprint density at radius 1 is 1.47 bits per heavy atom. The van der Waals surface area contributed by atoms with Crippen molar-refractivity contribution in [1.29, 1.82) is 0 Å². The van der Waals surface area contributed by atoms with Gasteiger partial charge in [-0.25, -0.2) is 0 Å². The Morgan fingerprint density at radius 2 is 2.24 bits per heavy atom. The zero-order valence-corrected chi connectivity index (χ0v) is 10.4. The van der Waals surface area contributed by atoms with Crippen molar-refractivity contribution in [3.05, 3.63) is 40.4 Å². The molecule has 2 aromatic heterocycles. The van der Waals surface area contributed by atoms with Gasteiger partial charge in [0.25, 0.3) is 0 Å². The highest BCUT2D eigenvalue weighted by molar-refractivity contribution is 6.30. The monoisotopic (exact) mass is 252 g/mol. The molecular weight excluding hydrogens is 240 g/mol. The molecule has 0 amide bonds. The number of aryl methyl sites for hydroxylation is 2. The number of hydrogen-bond donors (Lipinski definition) is 1. The van der Waals surface area contributed by atoms with Crippen molar-refractivity contribution in [3.63, 3.8) is 0 Å². The van der Waals surface area contributed by atoms with Crippen LogP contribution in [0.15, 0.2) is 18.5 Å². The second kappa shape index (κ2) is 4.81. The second-order valence-corrected chi connectivity index (χ2v) is 4.23. The minimum Gasteiger partial charge on any atom is -0.388 e. The number of aromatic nitrogens is 4. The van der Waals surface area contributed by atoms with Crippen LogP contribution >= 0.6 is 11.6 Å². The van der Waals surface area contributed by atoms with Gasteiger partial charge >= 0.3 is 0 Å². The van der Waals surface area contributed by atoms with E-state index in [1.54, 1.807) is 30.2 Å². The van der Waals surface area contributed by atoms with Crippen molar-refractivity contribution in [3.8, 4) is 0 Å². The smallest absolute Gasteiger partial charge is 0.130 e. The van der Waals surface area contributed by atoms with Crippen LogP contribution in [0.2, 0.25) is 5.15 Å². The van der Waals surface area contributed by atoms with E-state index in [2.05, 4.69) is 15.3 Å². The van der Waals surface area contributed by atoms with E-state index in [-0.39, 0.29) is 0 Å². The lowest BCUT2D eigenvalue weighted by molar-refractivity contribution is 0.177. The van der Waals surface area contributed by atoms with Gasteiger partial charge in [-0.2, -0.15) is 15.3 Å². The van der Waals surface area contributed by atoms with Crippen LogP contribution in [-0.4, -0.2) is 25.1 Å². The van der Waals surface area contributed by atoms with Gasteiger partial charge in [0.1, 0.15) is 5.15 Å². The Hall–Kier alpha value is -1.46. The van der Waals surface area contributed by atoms with Crippen molar-refractivity contribution in [2.45, 2.75) is 19.4 Å². The minimum atomic E-state index is -0.647. The van der Waals surface area contributed by atoms with Crippen molar-refractivity contribution in [2.75, 3.05) is 0 Å². The molecule has 2 heterocycles. The average molecular weight is 253 g/mol. The molecule has 90 valence electrons. The van der Waals surface area contributed by atoms with Crippen molar-refractivity contribution in [1.82, 2.24) is 20.0 Å². The molecule has 2 aromatic rings. The summed E-state index contributed by atoms with van der Waals surface area (Å²) in [6.07, 6.45) is 2.87. The molecule has 1 unspecified atom stereocenters. The average Bonchev–Trinajstić information content (AvgIpc) is 2.57. The molecule has 0 bridgehead atoms. The molecule has 1 N–H and O–H groups in total. The van der Waals surface area contributed by atoms with Crippen LogP contribution in [0, 0.1) is 6.92 Å². The molecule has 6 heteroatoms. The van der Waals surface area contributed by atoms with E-state index in [1.165, 1.54) is 0 Å². The zero-order chi connectivity index (χ0) is 12.4. The van der Waals surface area contributed by atoms with E-state index in [9.17, 15) is 5.11 Å². The number of halogens is 1. The lowest BCUT2D eigenvalue weighted by atomic mass is 10.0. The second-order valence-electron chi connectivity index (χ2n) is 3.87. The Kier molecular flexibility index (Phi) is 3.40. The summed E-state index contributed by atoms with van der Waals surface area (Å²) in [6.45, 7) is 1.87. The molecule has 1 atom stereocenters. The van der Waals surface area contributed by atoms with E-state index in [0.717, 1.165) is 16.8 Å². The molecule has 0 spiro atoms. The van der Waals surface area contributed by atoms with E-state index in [0.29, 0.717) is 11.6 Å². The molecule has 0 saturated carbocycles. The molecule has 0 aliphatic carbocycles. The molecule has 2 rings (SSSR count). The van der Waals surface area contributed by atoms with Crippen LogP contribution in [0.5, 0.6) is 0 Å². The molecule has 5 nitrogen and oxygen atoms in total. The SMILES string of the molecule is Cc1nn(C)c(Cl)c1CC(O)c1ccnnc1. The summed E-state index contributed by atoms with van der Waals surface area (Å²) in [5.41, 5.74) is 2.41. The van der Waals surface area contributed by atoms with Crippen molar-refractivity contribution in [2.24, 2.45) is 7.05 Å². The Morgan fingerprint density at radius 3 is 2.76 bits per heavy atom. The largest absolute Gasteiger partial charge is 0.388 e. The Bertz CT molecular complexity index is 512. The van der Waals surface area contributed by atoms with E-state index in [4.69, 9.17) is 11.6 Å². The third-order valence-electron chi connectivity index (χ3n) is 2.66. The highest BCUT2D eigenvalue weighted by Crippen LogP contribution is 2.25. The molecule has 17 heavy (non-hydrogen) atoms. The third-order valence-corrected chi connectivity index (χ3v) is 3.13. The van der Waals surface area contributed by atoms with Gasteiger partial charge < -0.3 is 5.11 Å². The van der Waals surface area contributed by atoms with Crippen molar-refractivity contribution < 1.29 is 5.11 Å². The number of rotatable bonds is 3. The Balaban J connectivity index is 2.22. The summed E-state index contributed by atoms with van der Waals surface area (Å²) in [7, 11) is 1.78. The number of hydrogen-bond acceptors (Lipinski definition) is 4. The first-order valence-electron chi connectivity index (χ1n) is 5.22. The topological polar surface area (TPSA) is 63.8 Å². The predicted molar refractivity (Wildman–Crippen MR) is 63.7 cm³/mol. The maximum atomic E-state index is 10.1. The van der Waals surface area contributed by atoms with Crippen LogP contribution in [-0.2, 0) is 13.5 Å². The van der Waals surface area contributed by atoms with Crippen LogP contribution in [0.3, 0.4) is 0 Å². The van der Waals surface area contributed by atoms with Crippen LogP contribution in [0.25, 0.3) is 0 Å². The molecule has 0 radical (unpaired) electrons. The first-order chi connectivity index (χ1) is 8.09. The van der Waals surface area contributed by atoms with Gasteiger partial charge in [-0.1, -0.05) is 11.6 Å². The fraction of sp³-hybridized carbons (Fsp3) is 0.364. The molecule has 0 fully saturated rings. The molecule has 0 aliphatic rings. The first kappa shape index (κ1) is 12.0. The number of aliphatic hydroxyl groups is 1. The maximum absolute atomic E-state index is 10.1. The number of aliphatic hydroxyl groups excluding tert-OH is 1. The van der Waals surface area contributed by atoms with Crippen LogP contribution in [0.4, 0.5) is 0 Å². The number of nitrogens with zero attached hydrogens (tertiary/aromatic N) is 4. The minimum absolute atomic E-state index is 0.421. The molecule has 0 aromatic carbocycles. The molecule has 0 saturated heterocycles. The third kappa shape index (κ3) is 2.45. The quantitative estimate of drug-likeness (QED) is 0.898. The molecular formula is C11H13ClN4O. The standard InChI is InChI=1S/C11H13ClN4O/c1-7-9(11(12)16(2)15-7)5-10(17)8-3-4-13-14-6-8/h3-4,6,10,17H,5H2,1-2H3. The summed E-state index contributed by atoms with van der Waals surface area (Å²) in [6, 6.07) is 1.73. The predicted octanol–water partition coefficient (Wildman–Crippen LogP) is 1.45. The fourth-order valence-electron chi connectivity index (χ4n) is 1.72. The van der Waals surface area contributed by atoms with E-state index >= 15 is 0 Å². The van der Waals surface area contributed by atoms with Gasteiger partial charge in [0.05, 0.1) is 18.0 Å². The highest BCUT2D eigenvalue weighted by Gasteiger charge is 2.16. The van der Waals surface area contributed by atoms with Gasteiger partial charge in [-0.3, -0.25) is 4.68 Å². The fourth-order valence-corrected chi connectivity index (χ4v) is 1.97. The summed E-state index contributed by atoms with van der Waals surface area (Å²) in [4.78, 5) is 0. The van der Waals surface area contributed by atoms with E-state index < -0.39 is 6.10 Å². The lowest BCUT2D eigenvalue weighted by Gasteiger charge is -2.09. The summed E-state index contributed by atoms with van der Waals surface area (Å²) in [5.74, 6) is 0. The lowest BCUT2D eigenvalue weighted by Crippen LogP contribution is -2.03. The summed E-state index contributed by atoms with van der Waals surface area (Å²) < 4.78 is 1.60.